The molecule has 1 unspecified atom stereocenters. The van der Waals surface area contributed by atoms with Crippen LogP contribution in [-0.4, -0.2) is 51.5 Å². The van der Waals surface area contributed by atoms with E-state index in [9.17, 15) is 0 Å². The molecule has 1 aliphatic heterocycles. The number of ether oxygens (including phenoxy) is 2. The van der Waals surface area contributed by atoms with Gasteiger partial charge in [0.15, 0.2) is 5.96 Å². The second-order valence-corrected chi connectivity index (χ2v) is 4.87. The Morgan fingerprint density at radius 1 is 1.42 bits per heavy atom. The van der Waals surface area contributed by atoms with Gasteiger partial charge >= 0.3 is 0 Å². The maximum atomic E-state index is 5.73. The van der Waals surface area contributed by atoms with Crippen LogP contribution >= 0.6 is 24.0 Å². The van der Waals surface area contributed by atoms with Gasteiger partial charge in [0.05, 0.1) is 12.1 Å². The first-order valence-electron chi connectivity index (χ1n) is 6.85. The molecule has 0 aromatic heterocycles. The third-order valence-electron chi connectivity index (χ3n) is 3.03. The normalized spacial score (nSPS) is 23.0. The minimum atomic E-state index is -0.0745. The average Bonchev–Trinajstić information content (AvgIpc) is 2.79. The number of hydrogen-bond donors (Lipinski definition) is 2. The molecule has 6 heteroatoms. The van der Waals surface area contributed by atoms with Crippen molar-refractivity contribution < 1.29 is 9.47 Å². The van der Waals surface area contributed by atoms with Gasteiger partial charge in [0.25, 0.3) is 0 Å². The minimum absolute atomic E-state index is 0. The van der Waals surface area contributed by atoms with Crippen molar-refractivity contribution in [3.8, 4) is 0 Å². The Morgan fingerprint density at radius 3 is 2.79 bits per heavy atom. The average molecular weight is 385 g/mol. The molecule has 1 saturated heterocycles. The van der Waals surface area contributed by atoms with E-state index < -0.39 is 0 Å². The van der Waals surface area contributed by atoms with Crippen molar-refractivity contribution in [1.82, 2.24) is 10.6 Å². The van der Waals surface area contributed by atoms with Crippen molar-refractivity contribution in [2.24, 2.45) is 4.99 Å². The van der Waals surface area contributed by atoms with Crippen molar-refractivity contribution in [3.05, 3.63) is 0 Å². The molecule has 0 saturated carbocycles. The molecule has 5 nitrogen and oxygen atoms in total. The molecular weight excluding hydrogens is 357 g/mol. The number of halogens is 1. The fourth-order valence-electron chi connectivity index (χ4n) is 1.97. The van der Waals surface area contributed by atoms with Crippen LogP contribution < -0.4 is 10.6 Å². The van der Waals surface area contributed by atoms with Gasteiger partial charge in [0, 0.05) is 33.4 Å². The smallest absolute Gasteiger partial charge is 0.191 e. The molecule has 1 atom stereocenters. The summed E-state index contributed by atoms with van der Waals surface area (Å²) in [6.45, 7) is 8.30. The van der Waals surface area contributed by atoms with Crippen LogP contribution in [0.25, 0.3) is 0 Å². The second kappa shape index (κ2) is 10.7. The summed E-state index contributed by atoms with van der Waals surface area (Å²) in [6, 6.07) is 0. The Kier molecular flexibility index (Phi) is 10.6. The fourth-order valence-corrected chi connectivity index (χ4v) is 1.97. The molecule has 0 radical (unpaired) electrons. The lowest BCUT2D eigenvalue weighted by atomic mass is 10.0. The summed E-state index contributed by atoms with van der Waals surface area (Å²) in [5.41, 5.74) is -0.0745. The molecule has 0 aliphatic carbocycles. The van der Waals surface area contributed by atoms with Crippen molar-refractivity contribution in [2.45, 2.75) is 38.7 Å². The van der Waals surface area contributed by atoms with Gasteiger partial charge in [-0.1, -0.05) is 0 Å². The molecule has 0 amide bonds. The van der Waals surface area contributed by atoms with Crippen LogP contribution in [0.4, 0.5) is 0 Å². The predicted molar refractivity (Wildman–Crippen MR) is 89.5 cm³/mol. The molecule has 0 aromatic rings. The van der Waals surface area contributed by atoms with E-state index >= 15 is 0 Å². The summed E-state index contributed by atoms with van der Waals surface area (Å²) in [7, 11) is 1.72. The monoisotopic (exact) mass is 385 g/mol. The first-order chi connectivity index (χ1) is 8.70. The van der Waals surface area contributed by atoms with E-state index in [0.29, 0.717) is 6.54 Å². The van der Waals surface area contributed by atoms with E-state index in [1.54, 1.807) is 7.11 Å². The lowest BCUT2D eigenvalue weighted by Crippen LogP contribution is -2.39. The van der Waals surface area contributed by atoms with E-state index in [1.807, 2.05) is 0 Å². The van der Waals surface area contributed by atoms with E-state index in [4.69, 9.17) is 9.47 Å². The zero-order valence-electron chi connectivity index (χ0n) is 12.3. The molecular formula is C13H28IN3O2. The molecule has 1 heterocycles. The van der Waals surface area contributed by atoms with Gasteiger partial charge < -0.3 is 20.1 Å². The van der Waals surface area contributed by atoms with E-state index in [-0.39, 0.29) is 29.6 Å². The Balaban J connectivity index is 0.00000324. The third kappa shape index (κ3) is 7.94. The van der Waals surface area contributed by atoms with Crippen molar-refractivity contribution in [1.29, 1.82) is 0 Å². The summed E-state index contributed by atoms with van der Waals surface area (Å²) in [6.07, 6.45) is 3.22. The standard InChI is InChI=1S/C13H27N3O2.HI/c1-4-14-12(15-8-6-9-17-3)16-11-13(2)7-5-10-18-13;/h4-11H2,1-3H3,(H2,14,15,16);1H. The molecule has 1 aliphatic rings. The van der Waals surface area contributed by atoms with Crippen molar-refractivity contribution >= 4 is 29.9 Å². The van der Waals surface area contributed by atoms with Crippen LogP contribution in [-0.2, 0) is 9.47 Å². The van der Waals surface area contributed by atoms with E-state index in [2.05, 4.69) is 29.5 Å². The predicted octanol–water partition coefficient (Wildman–Crippen LogP) is 1.77. The number of nitrogens with one attached hydrogen (secondary N) is 2. The molecule has 1 rings (SSSR count). The highest BCUT2D eigenvalue weighted by Crippen LogP contribution is 2.24. The van der Waals surface area contributed by atoms with E-state index in [1.165, 1.54) is 0 Å². The topological polar surface area (TPSA) is 54.9 Å². The molecule has 2 N–H and O–H groups in total. The summed E-state index contributed by atoms with van der Waals surface area (Å²) >= 11 is 0. The van der Waals surface area contributed by atoms with Gasteiger partial charge in [0.1, 0.15) is 0 Å². The number of hydrogen-bond acceptors (Lipinski definition) is 3. The quantitative estimate of drug-likeness (QED) is 0.304. The number of aliphatic imine (C=N–C) groups is 1. The minimum Gasteiger partial charge on any atom is -0.385 e. The molecule has 114 valence electrons. The molecule has 0 spiro atoms. The second-order valence-electron chi connectivity index (χ2n) is 4.87. The lowest BCUT2D eigenvalue weighted by molar-refractivity contribution is 0.0283. The van der Waals surface area contributed by atoms with Gasteiger partial charge in [-0.3, -0.25) is 4.99 Å². The van der Waals surface area contributed by atoms with Crippen LogP contribution in [0.1, 0.15) is 33.1 Å². The molecule has 0 aromatic carbocycles. The first kappa shape index (κ1) is 18.9. The number of rotatable bonds is 7. The van der Waals surface area contributed by atoms with Gasteiger partial charge in [-0.05, 0) is 33.1 Å². The van der Waals surface area contributed by atoms with Gasteiger partial charge in [-0.2, -0.15) is 0 Å². The SMILES string of the molecule is CCNC(=NCC1(C)CCCO1)NCCCOC.I. The third-order valence-corrected chi connectivity index (χ3v) is 3.03. The maximum absolute atomic E-state index is 5.73. The number of nitrogens with zero attached hydrogens (tertiary/aromatic N) is 1. The highest BCUT2D eigenvalue weighted by molar-refractivity contribution is 14.0. The van der Waals surface area contributed by atoms with Gasteiger partial charge in [-0.15, -0.1) is 24.0 Å². The molecule has 1 fully saturated rings. The summed E-state index contributed by atoms with van der Waals surface area (Å²) in [5, 5.41) is 6.54. The lowest BCUT2D eigenvalue weighted by Gasteiger charge is -2.21. The first-order valence-corrected chi connectivity index (χ1v) is 6.85. The van der Waals surface area contributed by atoms with Crippen molar-refractivity contribution in [2.75, 3.05) is 40.0 Å². The van der Waals surface area contributed by atoms with Gasteiger partial charge in [-0.25, -0.2) is 0 Å². The van der Waals surface area contributed by atoms with Crippen LogP contribution in [0.15, 0.2) is 4.99 Å². The van der Waals surface area contributed by atoms with E-state index in [0.717, 1.165) is 51.5 Å². The van der Waals surface area contributed by atoms with Crippen molar-refractivity contribution in [3.63, 3.8) is 0 Å². The Bertz CT molecular complexity index is 256. The highest BCUT2D eigenvalue weighted by Gasteiger charge is 2.29. The Hall–Kier alpha value is -0.0800. The maximum Gasteiger partial charge on any atom is 0.191 e. The largest absolute Gasteiger partial charge is 0.385 e. The number of methoxy groups -OCH3 is 1. The molecule has 0 bridgehead atoms. The Morgan fingerprint density at radius 2 is 2.21 bits per heavy atom. The summed E-state index contributed by atoms with van der Waals surface area (Å²) in [5.74, 6) is 0.866. The summed E-state index contributed by atoms with van der Waals surface area (Å²) < 4.78 is 10.7. The zero-order valence-corrected chi connectivity index (χ0v) is 14.7. The highest BCUT2D eigenvalue weighted by atomic mass is 127. The Labute approximate surface area is 133 Å². The number of guanidine groups is 1. The van der Waals surface area contributed by atoms with Crippen LogP contribution in [0, 0.1) is 0 Å². The summed E-state index contributed by atoms with van der Waals surface area (Å²) in [4.78, 5) is 4.59. The fraction of sp³-hybridized carbons (Fsp3) is 0.923. The molecule has 19 heavy (non-hydrogen) atoms. The van der Waals surface area contributed by atoms with Crippen LogP contribution in [0.2, 0.25) is 0 Å². The zero-order chi connectivity index (χ0) is 13.3. The van der Waals surface area contributed by atoms with Crippen LogP contribution in [0.3, 0.4) is 0 Å². The van der Waals surface area contributed by atoms with Gasteiger partial charge in [0.2, 0.25) is 0 Å². The van der Waals surface area contributed by atoms with Crippen LogP contribution in [0.5, 0.6) is 0 Å².